The lowest BCUT2D eigenvalue weighted by Gasteiger charge is -2.31. The third-order valence-electron chi connectivity index (χ3n) is 3.38. The summed E-state index contributed by atoms with van der Waals surface area (Å²) in [6.07, 6.45) is 3.18. The van der Waals surface area contributed by atoms with Crippen molar-refractivity contribution in [3.8, 4) is 0 Å². The Kier molecular flexibility index (Phi) is 5.20. The van der Waals surface area contributed by atoms with Crippen molar-refractivity contribution in [3.05, 3.63) is 22.4 Å². The van der Waals surface area contributed by atoms with Crippen LogP contribution in [0.5, 0.6) is 0 Å². The molecule has 1 aromatic rings. The fraction of sp³-hybridized carbons (Fsp3) is 0.643. The predicted molar refractivity (Wildman–Crippen MR) is 73.8 cm³/mol. The van der Waals surface area contributed by atoms with Gasteiger partial charge in [-0.1, -0.05) is 6.07 Å². The summed E-state index contributed by atoms with van der Waals surface area (Å²) in [5.41, 5.74) is 0. The van der Waals surface area contributed by atoms with Gasteiger partial charge < -0.3 is 9.64 Å². The van der Waals surface area contributed by atoms with Crippen LogP contribution < -0.4 is 0 Å². The van der Waals surface area contributed by atoms with Gasteiger partial charge in [0.25, 0.3) is 0 Å². The smallest absolute Gasteiger partial charge is 0.310 e. The molecule has 0 aromatic carbocycles. The molecule has 0 aliphatic carbocycles. The average Bonchev–Trinajstić information content (AvgIpc) is 2.90. The Morgan fingerprint density at radius 2 is 2.50 bits per heavy atom. The van der Waals surface area contributed by atoms with E-state index in [9.17, 15) is 4.79 Å². The normalized spacial score (nSPS) is 20.8. The van der Waals surface area contributed by atoms with Gasteiger partial charge in [-0.25, -0.2) is 0 Å². The number of thiophene rings is 1. The van der Waals surface area contributed by atoms with Gasteiger partial charge in [0.05, 0.1) is 12.5 Å². The van der Waals surface area contributed by atoms with Crippen LogP contribution in [-0.2, 0) is 16.0 Å². The minimum Gasteiger partial charge on any atom is -0.466 e. The molecule has 0 radical (unpaired) electrons. The number of hydrogen-bond donors (Lipinski definition) is 0. The molecule has 1 saturated heterocycles. The number of piperidine rings is 1. The molecule has 2 heterocycles. The Morgan fingerprint density at radius 1 is 1.61 bits per heavy atom. The summed E-state index contributed by atoms with van der Waals surface area (Å²) in [6.45, 7) is 5.39. The molecule has 1 aromatic heterocycles. The molecule has 0 saturated carbocycles. The van der Waals surface area contributed by atoms with E-state index in [1.165, 1.54) is 4.88 Å². The first-order valence-electron chi connectivity index (χ1n) is 6.71. The lowest BCUT2D eigenvalue weighted by Crippen LogP contribution is -2.40. The number of rotatable bonds is 5. The zero-order valence-corrected chi connectivity index (χ0v) is 11.7. The van der Waals surface area contributed by atoms with Crippen LogP contribution in [0.2, 0.25) is 0 Å². The van der Waals surface area contributed by atoms with E-state index in [-0.39, 0.29) is 11.9 Å². The Labute approximate surface area is 113 Å². The number of nitrogens with zero attached hydrogens (tertiary/aromatic N) is 1. The van der Waals surface area contributed by atoms with E-state index in [1.807, 2.05) is 18.3 Å². The fourth-order valence-electron chi connectivity index (χ4n) is 2.43. The molecule has 2 rings (SSSR count). The molecule has 4 heteroatoms. The lowest BCUT2D eigenvalue weighted by molar-refractivity contribution is -0.149. The largest absolute Gasteiger partial charge is 0.466 e. The molecule has 0 amide bonds. The average molecular weight is 267 g/mol. The van der Waals surface area contributed by atoms with E-state index in [0.717, 1.165) is 38.9 Å². The fourth-order valence-corrected chi connectivity index (χ4v) is 3.13. The summed E-state index contributed by atoms with van der Waals surface area (Å²) in [6, 6.07) is 4.27. The summed E-state index contributed by atoms with van der Waals surface area (Å²) >= 11 is 1.81. The van der Waals surface area contributed by atoms with Crippen LogP contribution in [0.4, 0.5) is 0 Å². The minimum atomic E-state index is -0.0154. The first kappa shape index (κ1) is 13.6. The van der Waals surface area contributed by atoms with Crippen LogP contribution in [0.15, 0.2) is 17.5 Å². The number of ether oxygens (including phenoxy) is 1. The van der Waals surface area contributed by atoms with Gasteiger partial charge in [0.1, 0.15) is 0 Å². The highest BCUT2D eigenvalue weighted by Crippen LogP contribution is 2.19. The lowest BCUT2D eigenvalue weighted by atomic mass is 9.98. The molecule has 1 unspecified atom stereocenters. The second kappa shape index (κ2) is 6.90. The van der Waals surface area contributed by atoms with Crippen molar-refractivity contribution >= 4 is 17.3 Å². The molecule has 1 atom stereocenters. The maximum absolute atomic E-state index is 11.7. The van der Waals surface area contributed by atoms with Gasteiger partial charge >= 0.3 is 5.97 Å². The van der Waals surface area contributed by atoms with Gasteiger partial charge in [-0.05, 0) is 44.2 Å². The topological polar surface area (TPSA) is 29.5 Å². The third kappa shape index (κ3) is 3.82. The Balaban J connectivity index is 1.77. The first-order valence-corrected chi connectivity index (χ1v) is 7.59. The van der Waals surface area contributed by atoms with Crippen molar-refractivity contribution in [2.24, 2.45) is 5.92 Å². The van der Waals surface area contributed by atoms with Crippen LogP contribution in [-0.4, -0.2) is 37.1 Å². The summed E-state index contributed by atoms with van der Waals surface area (Å²) in [7, 11) is 0. The molecule has 100 valence electrons. The second-order valence-electron chi connectivity index (χ2n) is 4.72. The van der Waals surface area contributed by atoms with Gasteiger partial charge in [0.2, 0.25) is 0 Å². The number of hydrogen-bond acceptors (Lipinski definition) is 4. The zero-order chi connectivity index (χ0) is 12.8. The molecule has 1 aliphatic rings. The highest BCUT2D eigenvalue weighted by Gasteiger charge is 2.26. The summed E-state index contributed by atoms with van der Waals surface area (Å²) in [4.78, 5) is 15.5. The van der Waals surface area contributed by atoms with Crippen molar-refractivity contribution in [3.63, 3.8) is 0 Å². The van der Waals surface area contributed by atoms with Gasteiger partial charge in [-0.15, -0.1) is 11.3 Å². The van der Waals surface area contributed by atoms with E-state index in [1.54, 1.807) is 0 Å². The maximum atomic E-state index is 11.7. The SMILES string of the molecule is CCOC(=O)C1CCCN(CCc2cccs2)C1. The second-order valence-corrected chi connectivity index (χ2v) is 5.75. The number of carbonyl (C=O) groups excluding carboxylic acids is 1. The van der Waals surface area contributed by atoms with Crippen molar-refractivity contribution < 1.29 is 9.53 Å². The number of esters is 1. The molecule has 1 aliphatic heterocycles. The van der Waals surface area contributed by atoms with E-state index >= 15 is 0 Å². The quantitative estimate of drug-likeness (QED) is 0.768. The predicted octanol–water partition coefficient (Wildman–Crippen LogP) is 2.57. The van der Waals surface area contributed by atoms with Crippen LogP contribution in [0.1, 0.15) is 24.6 Å². The van der Waals surface area contributed by atoms with Crippen molar-refractivity contribution in [2.45, 2.75) is 26.2 Å². The van der Waals surface area contributed by atoms with Gasteiger partial charge in [-0.3, -0.25) is 4.79 Å². The van der Waals surface area contributed by atoms with Gasteiger partial charge in [-0.2, -0.15) is 0 Å². The van der Waals surface area contributed by atoms with Crippen LogP contribution in [0, 0.1) is 5.92 Å². The monoisotopic (exact) mass is 267 g/mol. The van der Waals surface area contributed by atoms with E-state index in [2.05, 4.69) is 22.4 Å². The molecular weight excluding hydrogens is 246 g/mol. The van der Waals surface area contributed by atoms with Crippen molar-refractivity contribution in [1.82, 2.24) is 4.90 Å². The van der Waals surface area contributed by atoms with E-state index in [4.69, 9.17) is 4.74 Å². The first-order chi connectivity index (χ1) is 8.79. The van der Waals surface area contributed by atoms with E-state index < -0.39 is 0 Å². The Morgan fingerprint density at radius 3 is 3.22 bits per heavy atom. The number of carbonyl (C=O) groups is 1. The third-order valence-corrected chi connectivity index (χ3v) is 4.32. The molecule has 0 bridgehead atoms. The molecule has 18 heavy (non-hydrogen) atoms. The van der Waals surface area contributed by atoms with Crippen molar-refractivity contribution in [1.29, 1.82) is 0 Å². The summed E-state index contributed by atoms with van der Waals surface area (Å²) in [5, 5.41) is 2.12. The summed E-state index contributed by atoms with van der Waals surface area (Å²) in [5.74, 6) is 0.0698. The van der Waals surface area contributed by atoms with Crippen LogP contribution in [0.25, 0.3) is 0 Å². The van der Waals surface area contributed by atoms with E-state index in [0.29, 0.717) is 6.61 Å². The highest BCUT2D eigenvalue weighted by atomic mass is 32.1. The van der Waals surface area contributed by atoms with Gasteiger partial charge in [0, 0.05) is 18.0 Å². The standard InChI is InChI=1S/C14H21NO2S/c1-2-17-14(16)12-5-3-8-15(11-12)9-7-13-6-4-10-18-13/h4,6,10,12H,2-3,5,7-9,11H2,1H3. The maximum Gasteiger partial charge on any atom is 0.310 e. The van der Waals surface area contributed by atoms with Crippen LogP contribution in [0.3, 0.4) is 0 Å². The van der Waals surface area contributed by atoms with Crippen LogP contribution >= 0.6 is 11.3 Å². The molecule has 0 N–H and O–H groups in total. The Bertz CT molecular complexity index is 364. The minimum absolute atomic E-state index is 0.0154. The Hall–Kier alpha value is -0.870. The number of likely N-dealkylation sites (tertiary alicyclic amines) is 1. The molecule has 3 nitrogen and oxygen atoms in total. The summed E-state index contributed by atoms with van der Waals surface area (Å²) < 4.78 is 5.12. The molecule has 1 fully saturated rings. The molecule has 0 spiro atoms. The zero-order valence-electron chi connectivity index (χ0n) is 10.9. The van der Waals surface area contributed by atoms with Gasteiger partial charge in [0.15, 0.2) is 0 Å². The highest BCUT2D eigenvalue weighted by molar-refractivity contribution is 7.09. The molecular formula is C14H21NO2S. The van der Waals surface area contributed by atoms with Crippen molar-refractivity contribution in [2.75, 3.05) is 26.2 Å².